The third kappa shape index (κ3) is 7.70. The number of fused-ring (bicyclic) bond motifs is 1. The van der Waals surface area contributed by atoms with Crippen LogP contribution in [0.3, 0.4) is 0 Å². The molecule has 1 atom stereocenters. The van der Waals surface area contributed by atoms with Crippen molar-refractivity contribution >= 4 is 64.2 Å². The number of carbonyl (C=O) groups is 6. The number of hydrogen-bond donors (Lipinski definition) is 4. The van der Waals surface area contributed by atoms with Gasteiger partial charge in [-0.2, -0.15) is 0 Å². The lowest BCUT2D eigenvalue weighted by Gasteiger charge is -2.33. The van der Waals surface area contributed by atoms with Crippen molar-refractivity contribution in [3.8, 4) is 11.8 Å². The molecule has 0 spiro atoms. The summed E-state index contributed by atoms with van der Waals surface area (Å²) < 4.78 is 0. The maximum absolute atomic E-state index is 13.5. The van der Waals surface area contributed by atoms with Crippen LogP contribution in [0.1, 0.15) is 68.0 Å². The minimum Gasteiger partial charge on any atom is -0.382 e. The Morgan fingerprint density at radius 3 is 2.32 bits per heavy atom. The number of amides is 7. The third-order valence-electron chi connectivity index (χ3n) is 9.06. The van der Waals surface area contributed by atoms with E-state index in [2.05, 4.69) is 43.1 Å². The van der Waals surface area contributed by atoms with Crippen molar-refractivity contribution in [1.82, 2.24) is 25.1 Å². The molecule has 5 heterocycles. The lowest BCUT2D eigenvalue weighted by atomic mass is 10.0. The molecule has 4 aromatic rings. The smallest absolute Gasteiger partial charge is 0.323 e. The van der Waals surface area contributed by atoms with E-state index in [0.29, 0.717) is 59.8 Å². The number of imide groups is 2. The topological polar surface area (TPSA) is 183 Å². The number of anilines is 3. The van der Waals surface area contributed by atoms with Crippen LogP contribution in [0, 0.1) is 11.8 Å². The minimum atomic E-state index is -1.04. The second kappa shape index (κ2) is 14.9. The van der Waals surface area contributed by atoms with Gasteiger partial charge >= 0.3 is 6.03 Å². The Balaban J connectivity index is 0.951. The zero-order valence-corrected chi connectivity index (χ0v) is 28.8. The number of nitrogens with one attached hydrogen (secondary N) is 4. The fourth-order valence-corrected chi connectivity index (χ4v) is 6.66. The number of aromatic nitrogens is 2. The van der Waals surface area contributed by atoms with E-state index in [-0.39, 0.29) is 41.1 Å². The van der Waals surface area contributed by atoms with Crippen LogP contribution in [0.2, 0.25) is 5.15 Å². The molecule has 2 aromatic heterocycles. The van der Waals surface area contributed by atoms with Crippen LogP contribution in [-0.2, 0) is 9.59 Å². The lowest BCUT2D eigenvalue weighted by molar-refractivity contribution is -0.136. The standard InChI is InChI=1S/C38H31ClN8O6/c39-31-21-27(12-16-41-31)44-38(53)43-26-11-15-40-25(20-26)8-7-22-3-1-4-23(19-22)35(50)46-17-13-24(14-18-46)42-29-6-2-5-28-33(29)37(52)47(36(28)51)30-9-10-32(48)45-34(30)49/h1-6,11-12,15-16,19-21,24,30,42H,9-10,13-14,17-18H2,(H,45,48,49)(H2,40,41,43,44,53). The Kier molecular flexibility index (Phi) is 9.82. The first-order valence-corrected chi connectivity index (χ1v) is 17.2. The summed E-state index contributed by atoms with van der Waals surface area (Å²) in [7, 11) is 0. The van der Waals surface area contributed by atoms with Crippen molar-refractivity contribution < 1.29 is 28.8 Å². The number of carbonyl (C=O) groups excluding carboxylic acids is 6. The normalized spacial score (nSPS) is 17.0. The summed E-state index contributed by atoms with van der Waals surface area (Å²) in [6, 6.07) is 16.8. The van der Waals surface area contributed by atoms with E-state index in [4.69, 9.17) is 11.6 Å². The lowest BCUT2D eigenvalue weighted by Crippen LogP contribution is -2.54. The molecule has 14 nitrogen and oxygen atoms in total. The number of benzene rings is 2. The highest BCUT2D eigenvalue weighted by Crippen LogP contribution is 2.33. The van der Waals surface area contributed by atoms with Gasteiger partial charge in [-0.3, -0.25) is 34.2 Å². The number of piperidine rings is 2. The van der Waals surface area contributed by atoms with Crippen LogP contribution >= 0.6 is 11.6 Å². The molecule has 7 rings (SSSR count). The molecular formula is C38H31ClN8O6. The first-order valence-electron chi connectivity index (χ1n) is 16.8. The zero-order valence-electron chi connectivity index (χ0n) is 28.0. The number of likely N-dealkylation sites (tertiary alicyclic amines) is 1. The molecule has 2 fully saturated rings. The van der Waals surface area contributed by atoms with Crippen LogP contribution in [-0.4, -0.2) is 80.5 Å². The molecule has 0 radical (unpaired) electrons. The Labute approximate surface area is 308 Å². The first kappa shape index (κ1) is 34.8. The van der Waals surface area contributed by atoms with E-state index in [9.17, 15) is 28.8 Å². The van der Waals surface area contributed by atoms with Crippen LogP contribution in [0.4, 0.5) is 21.9 Å². The van der Waals surface area contributed by atoms with Gasteiger partial charge in [0, 0.05) is 66.1 Å². The number of halogens is 1. The summed E-state index contributed by atoms with van der Waals surface area (Å²) in [5.41, 5.74) is 3.38. The fourth-order valence-electron chi connectivity index (χ4n) is 6.48. The van der Waals surface area contributed by atoms with E-state index < -0.39 is 35.7 Å². The summed E-state index contributed by atoms with van der Waals surface area (Å²) in [5, 5.41) is 11.3. The monoisotopic (exact) mass is 730 g/mol. The fraction of sp³-hybridized carbons (Fsp3) is 0.211. The molecule has 53 heavy (non-hydrogen) atoms. The average Bonchev–Trinajstić information content (AvgIpc) is 3.40. The Morgan fingerprint density at radius 1 is 0.830 bits per heavy atom. The summed E-state index contributed by atoms with van der Waals surface area (Å²) >= 11 is 5.88. The Hall–Kier alpha value is -6.59. The molecule has 0 bridgehead atoms. The third-order valence-corrected chi connectivity index (χ3v) is 9.26. The van der Waals surface area contributed by atoms with E-state index in [1.54, 1.807) is 65.6 Å². The molecule has 2 saturated heterocycles. The maximum atomic E-state index is 13.5. The summed E-state index contributed by atoms with van der Waals surface area (Å²) in [6.07, 6.45) is 4.33. The highest BCUT2D eigenvalue weighted by molar-refractivity contribution is 6.29. The molecule has 266 valence electrons. The molecule has 15 heteroatoms. The van der Waals surface area contributed by atoms with Crippen LogP contribution in [0.15, 0.2) is 79.1 Å². The number of pyridine rings is 2. The van der Waals surface area contributed by atoms with E-state index >= 15 is 0 Å². The molecule has 4 N–H and O–H groups in total. The van der Waals surface area contributed by atoms with Gasteiger partial charge in [0.1, 0.15) is 16.9 Å². The van der Waals surface area contributed by atoms with E-state index in [1.165, 1.54) is 18.5 Å². The summed E-state index contributed by atoms with van der Waals surface area (Å²) in [4.78, 5) is 87.6. The van der Waals surface area contributed by atoms with Gasteiger partial charge in [0.2, 0.25) is 11.8 Å². The van der Waals surface area contributed by atoms with Crippen molar-refractivity contribution in [2.75, 3.05) is 29.0 Å². The van der Waals surface area contributed by atoms with Gasteiger partial charge in [-0.1, -0.05) is 29.7 Å². The van der Waals surface area contributed by atoms with Gasteiger partial charge in [-0.25, -0.2) is 14.8 Å². The number of urea groups is 1. The number of nitrogens with zero attached hydrogens (tertiary/aromatic N) is 4. The van der Waals surface area contributed by atoms with Crippen molar-refractivity contribution in [2.24, 2.45) is 0 Å². The Bertz CT molecular complexity index is 2240. The van der Waals surface area contributed by atoms with Crippen LogP contribution in [0.25, 0.3) is 0 Å². The zero-order chi connectivity index (χ0) is 37.1. The van der Waals surface area contributed by atoms with E-state index in [0.717, 1.165) is 4.90 Å². The van der Waals surface area contributed by atoms with Crippen molar-refractivity contribution in [3.63, 3.8) is 0 Å². The molecule has 0 saturated carbocycles. The minimum absolute atomic E-state index is 0.0437. The quantitative estimate of drug-likeness (QED) is 0.128. The molecule has 1 unspecified atom stereocenters. The van der Waals surface area contributed by atoms with Crippen molar-refractivity contribution in [2.45, 2.75) is 37.8 Å². The van der Waals surface area contributed by atoms with Crippen LogP contribution < -0.4 is 21.3 Å². The molecule has 3 aliphatic heterocycles. The second-order valence-electron chi connectivity index (χ2n) is 12.6. The van der Waals surface area contributed by atoms with Crippen molar-refractivity contribution in [1.29, 1.82) is 0 Å². The molecule has 7 amide bonds. The molecule has 3 aliphatic rings. The van der Waals surface area contributed by atoms with Crippen LogP contribution in [0.5, 0.6) is 0 Å². The van der Waals surface area contributed by atoms with E-state index in [1.807, 2.05) is 0 Å². The van der Waals surface area contributed by atoms with Gasteiger partial charge in [0.25, 0.3) is 17.7 Å². The largest absolute Gasteiger partial charge is 0.382 e. The second-order valence-corrected chi connectivity index (χ2v) is 13.0. The molecule has 2 aromatic carbocycles. The predicted octanol–water partition coefficient (Wildman–Crippen LogP) is 4.29. The highest BCUT2D eigenvalue weighted by atomic mass is 35.5. The average molecular weight is 731 g/mol. The number of rotatable bonds is 6. The molecule has 0 aliphatic carbocycles. The molecular weight excluding hydrogens is 700 g/mol. The van der Waals surface area contributed by atoms with Gasteiger partial charge < -0.3 is 20.9 Å². The van der Waals surface area contributed by atoms with Gasteiger partial charge in [0.05, 0.1) is 11.1 Å². The summed E-state index contributed by atoms with van der Waals surface area (Å²) in [5.74, 6) is 3.65. The number of hydrogen-bond acceptors (Lipinski definition) is 9. The van der Waals surface area contributed by atoms with Gasteiger partial charge in [-0.05, 0) is 79.8 Å². The SMILES string of the molecule is O=C1CCC(N2C(=O)c3cccc(NC4CCN(C(=O)c5cccc(C#Cc6cc(NC(=O)Nc7ccnc(Cl)c7)ccn6)c5)CC4)c3C2=O)C(=O)N1. The highest BCUT2D eigenvalue weighted by Gasteiger charge is 2.45. The van der Waals surface area contributed by atoms with Gasteiger partial charge in [0.15, 0.2) is 0 Å². The first-order chi connectivity index (χ1) is 25.6. The summed E-state index contributed by atoms with van der Waals surface area (Å²) in [6.45, 7) is 0.921. The maximum Gasteiger partial charge on any atom is 0.323 e. The predicted molar refractivity (Wildman–Crippen MR) is 194 cm³/mol. The van der Waals surface area contributed by atoms with Gasteiger partial charge in [-0.15, -0.1) is 0 Å². The Morgan fingerprint density at radius 2 is 1.57 bits per heavy atom. The van der Waals surface area contributed by atoms with Crippen molar-refractivity contribution in [3.05, 3.63) is 112 Å².